The van der Waals surface area contributed by atoms with Crippen molar-refractivity contribution in [1.29, 1.82) is 0 Å². The number of nitrogens with zero attached hydrogens (tertiary/aromatic N) is 4. The average Bonchev–Trinajstić information content (AvgIpc) is 3.49. The fourth-order valence-electron chi connectivity index (χ4n) is 8.30. The molecule has 8 heteroatoms. The smallest absolute Gasteiger partial charge is 0.244 e. The standard InChI is InChI=1S/C39H48N6O2/c40-37(46)36(30-11-3-1-4-12-30)42-38(47)33-16-8-7-15-32(33)29-21-19-28(20-22-29)27-45-35-18-10-9-17-34(35)41-39(45)44-25-23-43(24-26-44)31-13-5-2-6-14-31/h1,3-4,9-12,17-22,31-33,36H,2,5-8,13-16,23-27H2,(H2,40,46)(H,42,47). The number of benzene rings is 3. The van der Waals surface area contributed by atoms with Crippen LogP contribution in [0.5, 0.6) is 0 Å². The van der Waals surface area contributed by atoms with Crippen LogP contribution in [-0.4, -0.2) is 58.5 Å². The van der Waals surface area contributed by atoms with E-state index in [1.807, 2.05) is 30.3 Å². The predicted octanol–water partition coefficient (Wildman–Crippen LogP) is 6.16. The number of amides is 2. The highest BCUT2D eigenvalue weighted by molar-refractivity contribution is 5.89. The highest BCUT2D eigenvalue weighted by atomic mass is 16.2. The number of primary amides is 1. The molecule has 0 radical (unpaired) electrons. The topological polar surface area (TPSA) is 96.5 Å². The summed E-state index contributed by atoms with van der Waals surface area (Å²) in [5, 5.41) is 2.99. The first-order chi connectivity index (χ1) is 23.0. The van der Waals surface area contributed by atoms with Crippen LogP contribution in [0.3, 0.4) is 0 Å². The van der Waals surface area contributed by atoms with Gasteiger partial charge in [-0.3, -0.25) is 14.5 Å². The van der Waals surface area contributed by atoms with Crippen LogP contribution in [0.1, 0.15) is 86.4 Å². The molecule has 3 unspecified atom stereocenters. The summed E-state index contributed by atoms with van der Waals surface area (Å²) in [4.78, 5) is 36.3. The third kappa shape index (κ3) is 6.93. The Kier molecular flexibility index (Phi) is 9.56. The Balaban J connectivity index is 1.06. The molecule has 1 saturated heterocycles. The second kappa shape index (κ2) is 14.3. The Bertz CT molecular complexity index is 1650. The fourth-order valence-corrected chi connectivity index (χ4v) is 8.30. The lowest BCUT2D eigenvalue weighted by molar-refractivity contribution is -0.131. The van der Waals surface area contributed by atoms with Crippen LogP contribution < -0.4 is 16.0 Å². The van der Waals surface area contributed by atoms with E-state index in [1.54, 1.807) is 0 Å². The summed E-state index contributed by atoms with van der Waals surface area (Å²) in [6.07, 6.45) is 10.7. The number of fused-ring (bicyclic) bond motifs is 1. The zero-order valence-electron chi connectivity index (χ0n) is 27.4. The molecule has 246 valence electrons. The molecule has 2 aliphatic carbocycles. The monoisotopic (exact) mass is 632 g/mol. The third-order valence-corrected chi connectivity index (χ3v) is 10.9. The van der Waals surface area contributed by atoms with Crippen molar-refractivity contribution in [2.24, 2.45) is 11.7 Å². The van der Waals surface area contributed by atoms with E-state index in [9.17, 15) is 9.59 Å². The molecule has 2 saturated carbocycles. The lowest BCUT2D eigenvalue weighted by atomic mass is 9.74. The van der Waals surface area contributed by atoms with Crippen LogP contribution in [0.25, 0.3) is 11.0 Å². The quantitative estimate of drug-likeness (QED) is 0.231. The molecule has 1 aliphatic heterocycles. The molecule has 1 aromatic heterocycles. The maximum Gasteiger partial charge on any atom is 0.244 e. The van der Waals surface area contributed by atoms with Crippen LogP contribution in [0.2, 0.25) is 0 Å². The van der Waals surface area contributed by atoms with E-state index in [1.165, 1.54) is 43.2 Å². The predicted molar refractivity (Wildman–Crippen MR) is 187 cm³/mol. The van der Waals surface area contributed by atoms with Gasteiger partial charge in [0.05, 0.1) is 17.6 Å². The molecule has 7 rings (SSSR count). The molecule has 2 amide bonds. The number of carbonyl (C=O) groups is 2. The largest absolute Gasteiger partial charge is 0.368 e. The number of piperazine rings is 1. The number of hydrogen-bond acceptors (Lipinski definition) is 5. The summed E-state index contributed by atoms with van der Waals surface area (Å²) in [6.45, 7) is 4.95. The van der Waals surface area contributed by atoms with Crippen molar-refractivity contribution in [3.05, 3.63) is 95.6 Å². The Morgan fingerprint density at radius 1 is 0.787 bits per heavy atom. The Labute approximate surface area is 278 Å². The van der Waals surface area contributed by atoms with Crippen LogP contribution in [0.15, 0.2) is 78.9 Å². The fraction of sp³-hybridized carbons (Fsp3) is 0.462. The van der Waals surface area contributed by atoms with E-state index in [4.69, 9.17) is 10.7 Å². The molecule has 3 N–H and O–H groups in total. The molecule has 4 aromatic rings. The van der Waals surface area contributed by atoms with Crippen molar-refractivity contribution in [3.8, 4) is 0 Å². The molecular weight excluding hydrogens is 584 g/mol. The average molecular weight is 633 g/mol. The van der Waals surface area contributed by atoms with Gasteiger partial charge in [-0.1, -0.05) is 98.8 Å². The lowest BCUT2D eigenvalue weighted by Crippen LogP contribution is -2.51. The van der Waals surface area contributed by atoms with Crippen LogP contribution in [0.4, 0.5) is 5.95 Å². The van der Waals surface area contributed by atoms with Gasteiger partial charge in [-0.05, 0) is 60.4 Å². The molecule has 0 bridgehead atoms. The van der Waals surface area contributed by atoms with E-state index in [-0.39, 0.29) is 17.7 Å². The maximum absolute atomic E-state index is 13.6. The van der Waals surface area contributed by atoms with Crippen molar-refractivity contribution < 1.29 is 9.59 Å². The van der Waals surface area contributed by atoms with Crippen LogP contribution >= 0.6 is 0 Å². The van der Waals surface area contributed by atoms with Gasteiger partial charge in [-0.15, -0.1) is 0 Å². The Morgan fingerprint density at radius 3 is 2.21 bits per heavy atom. The number of imidazole rings is 1. The number of para-hydroxylation sites is 2. The van der Waals surface area contributed by atoms with Crippen molar-refractivity contribution in [1.82, 2.24) is 19.8 Å². The molecule has 2 heterocycles. The van der Waals surface area contributed by atoms with Gasteiger partial charge in [0.2, 0.25) is 17.8 Å². The van der Waals surface area contributed by atoms with Crippen LogP contribution in [-0.2, 0) is 16.1 Å². The third-order valence-electron chi connectivity index (χ3n) is 10.9. The van der Waals surface area contributed by atoms with Gasteiger partial charge >= 0.3 is 0 Å². The number of nitrogens with one attached hydrogen (secondary N) is 1. The number of rotatable bonds is 9. The second-order valence-corrected chi connectivity index (χ2v) is 13.8. The number of aromatic nitrogens is 2. The zero-order chi connectivity index (χ0) is 32.2. The summed E-state index contributed by atoms with van der Waals surface area (Å²) in [5.41, 5.74) is 11.0. The van der Waals surface area contributed by atoms with Gasteiger partial charge in [0, 0.05) is 38.1 Å². The first-order valence-corrected chi connectivity index (χ1v) is 17.7. The van der Waals surface area contributed by atoms with Crippen molar-refractivity contribution in [3.63, 3.8) is 0 Å². The van der Waals surface area contributed by atoms with Crippen molar-refractivity contribution in [2.45, 2.75) is 82.3 Å². The SMILES string of the molecule is NC(=O)C(NC(=O)C1CCCCC1c1ccc(Cn2c(N3CCN(C4CCCCC4)CC3)nc3ccccc32)cc1)c1ccccc1. The first kappa shape index (κ1) is 31.4. The van der Waals surface area contributed by atoms with Gasteiger partial charge < -0.3 is 20.5 Å². The summed E-state index contributed by atoms with van der Waals surface area (Å²) in [6, 6.07) is 26.5. The minimum Gasteiger partial charge on any atom is -0.368 e. The van der Waals surface area contributed by atoms with E-state index >= 15 is 0 Å². The minimum atomic E-state index is -0.830. The molecule has 3 aliphatic rings. The molecule has 3 fully saturated rings. The van der Waals surface area contributed by atoms with E-state index in [0.29, 0.717) is 5.56 Å². The second-order valence-electron chi connectivity index (χ2n) is 13.8. The highest BCUT2D eigenvalue weighted by Gasteiger charge is 2.34. The van der Waals surface area contributed by atoms with Crippen molar-refractivity contribution in [2.75, 3.05) is 31.1 Å². The van der Waals surface area contributed by atoms with Gasteiger partial charge in [0.1, 0.15) is 6.04 Å². The number of carbonyl (C=O) groups excluding carboxylic acids is 2. The molecular formula is C39H48N6O2. The van der Waals surface area contributed by atoms with Gasteiger partial charge in [0.25, 0.3) is 0 Å². The Hall–Kier alpha value is -4.17. The summed E-state index contributed by atoms with van der Waals surface area (Å²) in [5.74, 6) is 0.331. The summed E-state index contributed by atoms with van der Waals surface area (Å²) >= 11 is 0. The van der Waals surface area contributed by atoms with Crippen LogP contribution in [0, 0.1) is 5.92 Å². The zero-order valence-corrected chi connectivity index (χ0v) is 27.4. The highest BCUT2D eigenvalue weighted by Crippen LogP contribution is 2.39. The number of nitrogens with two attached hydrogens (primary N) is 1. The lowest BCUT2D eigenvalue weighted by Gasteiger charge is -2.41. The number of anilines is 1. The van der Waals surface area contributed by atoms with E-state index < -0.39 is 11.9 Å². The first-order valence-electron chi connectivity index (χ1n) is 17.7. The number of hydrogen-bond donors (Lipinski definition) is 2. The molecule has 47 heavy (non-hydrogen) atoms. The summed E-state index contributed by atoms with van der Waals surface area (Å²) in [7, 11) is 0. The van der Waals surface area contributed by atoms with Gasteiger partial charge in [-0.25, -0.2) is 4.98 Å². The van der Waals surface area contributed by atoms with E-state index in [2.05, 4.69) is 68.2 Å². The molecule has 0 spiro atoms. The molecule has 8 nitrogen and oxygen atoms in total. The van der Waals surface area contributed by atoms with Gasteiger partial charge in [0.15, 0.2) is 0 Å². The normalized spacial score (nSPS) is 21.8. The van der Waals surface area contributed by atoms with Gasteiger partial charge in [-0.2, -0.15) is 0 Å². The molecule has 3 aromatic carbocycles. The minimum absolute atomic E-state index is 0.0930. The Morgan fingerprint density at radius 2 is 1.47 bits per heavy atom. The van der Waals surface area contributed by atoms with Crippen molar-refractivity contribution >= 4 is 28.8 Å². The van der Waals surface area contributed by atoms with E-state index in [0.717, 1.165) is 81.4 Å². The maximum atomic E-state index is 13.6. The molecule has 3 atom stereocenters. The summed E-state index contributed by atoms with van der Waals surface area (Å²) < 4.78 is 2.38.